The molecule has 0 fully saturated rings. The summed E-state index contributed by atoms with van der Waals surface area (Å²) in [5.74, 6) is -1.41. The zero-order valence-corrected chi connectivity index (χ0v) is 13.1. The minimum absolute atomic E-state index is 0.0362. The third-order valence-electron chi connectivity index (χ3n) is 2.73. The van der Waals surface area contributed by atoms with Crippen molar-refractivity contribution >= 4 is 29.7 Å². The molecule has 0 saturated heterocycles. The minimum Gasteiger partial charge on any atom is -0.310 e. The van der Waals surface area contributed by atoms with Crippen LogP contribution in [0.2, 0.25) is 0 Å². The summed E-state index contributed by atoms with van der Waals surface area (Å²) in [5.41, 5.74) is 0.791. The summed E-state index contributed by atoms with van der Waals surface area (Å²) in [6, 6.07) is 9.15. The highest BCUT2D eigenvalue weighted by Gasteiger charge is 2.46. The number of benzene rings is 1. The van der Waals surface area contributed by atoms with E-state index in [-0.39, 0.29) is 5.71 Å². The predicted octanol–water partition coefficient (Wildman–Crippen LogP) is 2.23. The Bertz CT molecular complexity index is 705. The number of hydrogen-bond acceptors (Lipinski definition) is 6. The van der Waals surface area contributed by atoms with Crippen LogP contribution in [0.1, 0.15) is 5.56 Å². The highest BCUT2D eigenvalue weighted by atomic mass is 32.2. The molecule has 1 heterocycles. The minimum atomic E-state index is -4.15. The molecule has 114 valence electrons. The van der Waals surface area contributed by atoms with Gasteiger partial charge in [-0.25, -0.2) is 4.18 Å². The lowest BCUT2D eigenvalue weighted by atomic mass is 10.2. The van der Waals surface area contributed by atoms with Gasteiger partial charge in [0.15, 0.2) is 0 Å². The average molecular weight is 331 g/mol. The number of hydrogen-bond donors (Lipinski definition) is 0. The fraction of sp³-hybridized carbons (Fsp3) is 0.250. The molecule has 0 aromatic heterocycles. The largest absolute Gasteiger partial charge is 0.382 e. The fourth-order valence-corrected chi connectivity index (χ4v) is 4.31. The van der Waals surface area contributed by atoms with Crippen molar-refractivity contribution in [1.29, 1.82) is 0 Å². The van der Waals surface area contributed by atoms with E-state index in [0.29, 0.717) is 0 Å². The summed E-state index contributed by atoms with van der Waals surface area (Å²) in [7, 11) is -5.62. The molecule has 0 spiro atoms. The highest BCUT2D eigenvalue weighted by Crippen LogP contribution is 2.54. The summed E-state index contributed by atoms with van der Waals surface area (Å²) >= 11 is 0. The second kappa shape index (κ2) is 6.21. The van der Waals surface area contributed by atoms with Crippen molar-refractivity contribution in [2.24, 2.45) is 4.40 Å². The monoisotopic (exact) mass is 331 g/mol. The van der Waals surface area contributed by atoms with Gasteiger partial charge in [0.25, 0.3) is 0 Å². The van der Waals surface area contributed by atoms with Gasteiger partial charge in [-0.15, -0.1) is 4.40 Å². The molecule has 0 radical (unpaired) electrons. The van der Waals surface area contributed by atoms with E-state index >= 15 is 0 Å². The van der Waals surface area contributed by atoms with Gasteiger partial charge in [0.2, 0.25) is 5.85 Å². The Hall–Kier alpha value is -1.31. The molecule has 2 rings (SSSR count). The molecule has 0 aliphatic carbocycles. The van der Waals surface area contributed by atoms with Gasteiger partial charge in [-0.1, -0.05) is 36.4 Å². The molecule has 21 heavy (non-hydrogen) atoms. The van der Waals surface area contributed by atoms with Crippen LogP contribution in [-0.2, 0) is 28.1 Å². The van der Waals surface area contributed by atoms with Gasteiger partial charge in [0, 0.05) is 14.2 Å². The first-order valence-corrected chi connectivity index (χ1v) is 8.85. The Balaban J connectivity index is 2.35. The van der Waals surface area contributed by atoms with Crippen LogP contribution in [0.3, 0.4) is 0 Å². The summed E-state index contributed by atoms with van der Waals surface area (Å²) in [5, 5.41) is 0. The maximum atomic E-state index is 12.3. The van der Waals surface area contributed by atoms with Crippen molar-refractivity contribution in [2.45, 2.75) is 5.85 Å². The standard InChI is InChI=1S/C12H14NO6PS/c1-17-20(14,18-2)12-11(13-21(15,16)19-12)9-8-10-6-4-3-5-7-10/h3-9,12H,1-2H3/b9-8+. The van der Waals surface area contributed by atoms with Gasteiger partial charge in [-0.05, 0) is 11.6 Å². The van der Waals surface area contributed by atoms with E-state index in [1.807, 2.05) is 30.3 Å². The van der Waals surface area contributed by atoms with Gasteiger partial charge in [-0.2, -0.15) is 8.42 Å². The molecule has 7 nitrogen and oxygen atoms in total. The Morgan fingerprint density at radius 3 is 2.38 bits per heavy atom. The maximum absolute atomic E-state index is 12.3. The van der Waals surface area contributed by atoms with Crippen molar-refractivity contribution in [1.82, 2.24) is 0 Å². The molecule has 0 amide bonds. The highest BCUT2D eigenvalue weighted by molar-refractivity contribution is 7.86. The quantitative estimate of drug-likeness (QED) is 0.768. The van der Waals surface area contributed by atoms with Gasteiger partial charge >= 0.3 is 17.9 Å². The van der Waals surface area contributed by atoms with Gasteiger partial charge in [0.05, 0.1) is 5.71 Å². The van der Waals surface area contributed by atoms with Crippen molar-refractivity contribution in [3.8, 4) is 0 Å². The van der Waals surface area contributed by atoms with Crippen molar-refractivity contribution in [3.05, 3.63) is 42.0 Å². The lowest BCUT2D eigenvalue weighted by Gasteiger charge is -2.18. The normalized spacial score (nSPS) is 21.6. The molecule has 1 aliphatic heterocycles. The van der Waals surface area contributed by atoms with Gasteiger partial charge in [-0.3, -0.25) is 4.57 Å². The Labute approximate surface area is 123 Å². The van der Waals surface area contributed by atoms with Crippen LogP contribution >= 0.6 is 7.60 Å². The van der Waals surface area contributed by atoms with E-state index in [9.17, 15) is 13.0 Å². The van der Waals surface area contributed by atoms with Crippen LogP contribution in [0.25, 0.3) is 6.08 Å². The van der Waals surface area contributed by atoms with Crippen LogP contribution in [-0.4, -0.2) is 34.2 Å². The summed E-state index contributed by atoms with van der Waals surface area (Å²) in [4.78, 5) is 0. The molecular weight excluding hydrogens is 317 g/mol. The second-order valence-electron chi connectivity index (χ2n) is 4.04. The van der Waals surface area contributed by atoms with Crippen LogP contribution in [0.5, 0.6) is 0 Å². The molecule has 1 aliphatic rings. The lowest BCUT2D eigenvalue weighted by Crippen LogP contribution is -2.19. The van der Waals surface area contributed by atoms with Gasteiger partial charge < -0.3 is 9.05 Å². The van der Waals surface area contributed by atoms with Crippen LogP contribution in [0, 0.1) is 0 Å². The van der Waals surface area contributed by atoms with Crippen molar-refractivity contribution in [3.63, 3.8) is 0 Å². The van der Waals surface area contributed by atoms with E-state index < -0.39 is 23.7 Å². The Morgan fingerprint density at radius 1 is 1.19 bits per heavy atom. The van der Waals surface area contributed by atoms with Crippen molar-refractivity contribution < 1.29 is 26.2 Å². The molecule has 1 aromatic rings. The SMILES string of the molecule is COP(=O)(OC)C1OS(=O)(=O)N=C1/C=C/c1ccccc1. The van der Waals surface area contributed by atoms with E-state index in [0.717, 1.165) is 19.8 Å². The zero-order valence-electron chi connectivity index (χ0n) is 11.4. The molecule has 1 atom stereocenters. The lowest BCUT2D eigenvalue weighted by molar-refractivity contribution is 0.227. The fourth-order valence-electron chi connectivity index (χ4n) is 1.70. The third-order valence-corrected chi connectivity index (χ3v) is 5.70. The van der Waals surface area contributed by atoms with E-state index in [1.54, 1.807) is 6.08 Å². The molecule has 0 bridgehead atoms. The summed E-state index contributed by atoms with van der Waals surface area (Å²) in [6.07, 6.45) is 3.04. The van der Waals surface area contributed by atoms with Crippen LogP contribution < -0.4 is 0 Å². The number of nitrogens with zero attached hydrogens (tertiary/aromatic N) is 1. The second-order valence-corrected chi connectivity index (χ2v) is 7.55. The van der Waals surface area contributed by atoms with Gasteiger partial charge in [0.1, 0.15) is 0 Å². The van der Waals surface area contributed by atoms with E-state index in [1.165, 1.54) is 6.08 Å². The number of rotatable bonds is 5. The average Bonchev–Trinajstić information content (AvgIpc) is 2.81. The molecule has 1 unspecified atom stereocenters. The van der Waals surface area contributed by atoms with E-state index in [4.69, 9.17) is 13.2 Å². The maximum Gasteiger partial charge on any atom is 0.382 e. The van der Waals surface area contributed by atoms with E-state index in [2.05, 4.69) is 4.40 Å². The first-order chi connectivity index (χ1) is 9.90. The molecule has 0 saturated carbocycles. The summed E-state index contributed by atoms with van der Waals surface area (Å²) < 4.78 is 52.9. The van der Waals surface area contributed by atoms with Crippen molar-refractivity contribution in [2.75, 3.05) is 14.2 Å². The Morgan fingerprint density at radius 2 is 1.81 bits per heavy atom. The first-order valence-electron chi connectivity index (χ1n) is 5.87. The zero-order chi connectivity index (χ0) is 15.5. The summed E-state index contributed by atoms with van der Waals surface area (Å²) in [6.45, 7) is 0. The molecule has 1 aromatic carbocycles. The predicted molar refractivity (Wildman–Crippen MR) is 78.3 cm³/mol. The first kappa shape index (κ1) is 16.1. The third kappa shape index (κ3) is 3.66. The van der Waals surface area contributed by atoms with Crippen LogP contribution in [0.15, 0.2) is 40.8 Å². The Kier molecular flexibility index (Phi) is 4.75. The molecular formula is C12H14NO6PS. The molecule has 9 heteroatoms. The smallest absolute Gasteiger partial charge is 0.310 e. The van der Waals surface area contributed by atoms with Crippen LogP contribution in [0.4, 0.5) is 0 Å². The topological polar surface area (TPSA) is 91.3 Å². The molecule has 0 N–H and O–H groups in total.